The topological polar surface area (TPSA) is 41.9 Å². The summed E-state index contributed by atoms with van der Waals surface area (Å²) < 4.78 is 26.6. The van der Waals surface area contributed by atoms with Gasteiger partial charge in [-0.2, -0.15) is 0 Å². The van der Waals surface area contributed by atoms with Gasteiger partial charge in [0.25, 0.3) is 5.92 Å². The van der Waals surface area contributed by atoms with Crippen molar-refractivity contribution >= 4 is 40.1 Å². The predicted molar refractivity (Wildman–Crippen MR) is 80.5 cm³/mol. The Morgan fingerprint density at radius 2 is 2.00 bits per heavy atom. The Kier molecular flexibility index (Phi) is 3.88. The van der Waals surface area contributed by atoms with E-state index in [9.17, 15) is 8.78 Å². The third-order valence-electron chi connectivity index (χ3n) is 3.48. The molecule has 0 N–H and O–H groups in total. The zero-order valence-electron chi connectivity index (χ0n) is 11.3. The number of alkyl halides is 2. The molecule has 3 heterocycles. The maximum absolute atomic E-state index is 13.3. The summed E-state index contributed by atoms with van der Waals surface area (Å²) in [4.78, 5) is 14.7. The van der Waals surface area contributed by atoms with Gasteiger partial charge in [-0.05, 0) is 6.26 Å². The summed E-state index contributed by atoms with van der Waals surface area (Å²) in [6.45, 7) is 0.499. The zero-order valence-corrected chi connectivity index (χ0v) is 12.9. The van der Waals surface area contributed by atoms with Crippen LogP contribution in [0.1, 0.15) is 12.8 Å². The first-order valence-corrected chi connectivity index (χ1v) is 8.09. The molecule has 21 heavy (non-hydrogen) atoms. The van der Waals surface area contributed by atoms with Gasteiger partial charge in [0.15, 0.2) is 5.16 Å². The molecule has 0 spiro atoms. The maximum Gasteiger partial charge on any atom is 0.251 e. The van der Waals surface area contributed by atoms with Crippen molar-refractivity contribution in [2.45, 2.75) is 23.9 Å². The van der Waals surface area contributed by atoms with E-state index < -0.39 is 5.92 Å². The number of aromatic nitrogens is 3. The molecule has 0 unspecified atom stereocenters. The van der Waals surface area contributed by atoms with E-state index in [1.165, 1.54) is 11.8 Å². The normalized spacial score (nSPS) is 18.2. The summed E-state index contributed by atoms with van der Waals surface area (Å²) in [5.41, 5.74) is 0.682. The number of pyridine rings is 1. The van der Waals surface area contributed by atoms with Crippen LogP contribution >= 0.6 is 23.4 Å². The Labute approximate surface area is 129 Å². The Morgan fingerprint density at radius 3 is 2.67 bits per heavy atom. The first-order chi connectivity index (χ1) is 9.98. The third kappa shape index (κ3) is 3.03. The highest BCUT2D eigenvalue weighted by atomic mass is 35.5. The second-order valence-electron chi connectivity index (χ2n) is 4.90. The molecular weight excluding hydrogens is 318 g/mol. The van der Waals surface area contributed by atoms with Gasteiger partial charge in [0.1, 0.15) is 11.0 Å². The number of nitrogens with zero attached hydrogens (tertiary/aromatic N) is 4. The Morgan fingerprint density at radius 1 is 1.29 bits per heavy atom. The van der Waals surface area contributed by atoms with E-state index in [0.717, 1.165) is 5.39 Å². The Bertz CT molecular complexity index is 673. The van der Waals surface area contributed by atoms with Crippen LogP contribution in [-0.4, -0.2) is 40.2 Å². The van der Waals surface area contributed by atoms with Crippen molar-refractivity contribution in [1.29, 1.82) is 0 Å². The quantitative estimate of drug-likeness (QED) is 0.478. The number of thioether (sulfide) groups is 1. The lowest BCUT2D eigenvalue weighted by molar-refractivity contribution is -0.0221. The summed E-state index contributed by atoms with van der Waals surface area (Å²) in [6.07, 6.45) is 3.22. The highest BCUT2D eigenvalue weighted by Crippen LogP contribution is 2.33. The summed E-state index contributed by atoms with van der Waals surface area (Å²) in [5.74, 6) is -2.01. The molecule has 2 aromatic rings. The van der Waals surface area contributed by atoms with E-state index in [2.05, 4.69) is 15.0 Å². The van der Waals surface area contributed by atoms with Crippen LogP contribution in [0.3, 0.4) is 0 Å². The van der Waals surface area contributed by atoms with E-state index in [0.29, 0.717) is 21.6 Å². The minimum absolute atomic E-state index is 0.174. The molecule has 0 bridgehead atoms. The first kappa shape index (κ1) is 14.7. The van der Waals surface area contributed by atoms with Crippen molar-refractivity contribution in [2.24, 2.45) is 0 Å². The molecule has 0 aliphatic carbocycles. The van der Waals surface area contributed by atoms with Crippen molar-refractivity contribution in [2.75, 3.05) is 24.2 Å². The second kappa shape index (κ2) is 5.53. The lowest BCUT2D eigenvalue weighted by Crippen LogP contribution is -2.39. The summed E-state index contributed by atoms with van der Waals surface area (Å²) in [5, 5.41) is 1.68. The number of piperidine rings is 1. The van der Waals surface area contributed by atoms with Crippen molar-refractivity contribution in [3.8, 4) is 0 Å². The second-order valence-corrected chi connectivity index (χ2v) is 6.06. The van der Waals surface area contributed by atoms with E-state index in [4.69, 9.17) is 11.6 Å². The molecule has 1 aliphatic heterocycles. The molecule has 4 nitrogen and oxygen atoms in total. The van der Waals surface area contributed by atoms with Crippen LogP contribution in [0.5, 0.6) is 0 Å². The Hall–Kier alpha value is -1.21. The van der Waals surface area contributed by atoms with E-state index >= 15 is 0 Å². The molecule has 0 saturated carbocycles. The zero-order chi connectivity index (χ0) is 15.0. The fraction of sp³-hybridized carbons (Fsp3) is 0.462. The first-order valence-electron chi connectivity index (χ1n) is 6.48. The summed E-state index contributed by atoms with van der Waals surface area (Å²) >= 11 is 7.47. The number of hydrogen-bond donors (Lipinski definition) is 0. The molecule has 2 aromatic heterocycles. The van der Waals surface area contributed by atoms with E-state index in [-0.39, 0.29) is 25.9 Å². The minimum Gasteiger partial charge on any atom is -0.356 e. The fourth-order valence-corrected chi connectivity index (χ4v) is 2.88. The monoisotopic (exact) mass is 330 g/mol. The standard InChI is InChI=1S/C13H13ClF2N4S/c1-21-12-17-7-8-9(18-12)6-10(14)19-11(8)20-4-2-13(15,16)3-5-20/h6-7H,2-5H2,1H3. The number of hydrogen-bond acceptors (Lipinski definition) is 5. The summed E-state index contributed by atoms with van der Waals surface area (Å²) in [7, 11) is 0. The van der Waals surface area contributed by atoms with Gasteiger partial charge in [-0.15, -0.1) is 0 Å². The molecule has 0 amide bonds. The van der Waals surface area contributed by atoms with Crippen LogP contribution < -0.4 is 4.90 Å². The third-order valence-corrected chi connectivity index (χ3v) is 4.24. The molecule has 0 atom stereocenters. The largest absolute Gasteiger partial charge is 0.356 e. The molecule has 1 fully saturated rings. The maximum atomic E-state index is 13.3. The van der Waals surface area contributed by atoms with Gasteiger partial charge >= 0.3 is 0 Å². The molecule has 8 heteroatoms. The van der Waals surface area contributed by atoms with Crippen molar-refractivity contribution in [3.05, 3.63) is 17.4 Å². The SMILES string of the molecule is CSc1ncc2c(N3CCC(F)(F)CC3)nc(Cl)cc2n1. The van der Waals surface area contributed by atoms with Crippen molar-refractivity contribution in [1.82, 2.24) is 15.0 Å². The smallest absolute Gasteiger partial charge is 0.251 e. The van der Waals surface area contributed by atoms with Crippen molar-refractivity contribution in [3.63, 3.8) is 0 Å². The number of rotatable bonds is 2. The van der Waals surface area contributed by atoms with Gasteiger partial charge in [0.2, 0.25) is 0 Å². The highest BCUT2D eigenvalue weighted by molar-refractivity contribution is 7.98. The van der Waals surface area contributed by atoms with Crippen LogP contribution in [0, 0.1) is 0 Å². The predicted octanol–water partition coefficient (Wildman–Crippen LogP) is 3.64. The van der Waals surface area contributed by atoms with Crippen LogP contribution in [-0.2, 0) is 0 Å². The number of halogens is 3. The van der Waals surface area contributed by atoms with Crippen LogP contribution in [0.4, 0.5) is 14.6 Å². The van der Waals surface area contributed by atoms with Gasteiger partial charge in [-0.3, -0.25) is 0 Å². The van der Waals surface area contributed by atoms with Crippen LogP contribution in [0.2, 0.25) is 5.15 Å². The number of fused-ring (bicyclic) bond motifs is 1. The van der Waals surface area contributed by atoms with E-state index in [1.807, 2.05) is 11.2 Å². The van der Waals surface area contributed by atoms with Gasteiger partial charge < -0.3 is 4.90 Å². The molecule has 0 radical (unpaired) electrons. The highest BCUT2D eigenvalue weighted by Gasteiger charge is 2.35. The average Bonchev–Trinajstić information content (AvgIpc) is 2.45. The number of anilines is 1. The Balaban J connectivity index is 2.02. The minimum atomic E-state index is -2.59. The lowest BCUT2D eigenvalue weighted by atomic mass is 10.1. The molecule has 3 rings (SSSR count). The van der Waals surface area contributed by atoms with Crippen LogP contribution in [0.15, 0.2) is 17.4 Å². The fourth-order valence-electron chi connectivity index (χ4n) is 2.35. The van der Waals surface area contributed by atoms with Gasteiger partial charge in [0, 0.05) is 38.2 Å². The van der Waals surface area contributed by atoms with Gasteiger partial charge in [0.05, 0.1) is 10.9 Å². The van der Waals surface area contributed by atoms with Crippen LogP contribution in [0.25, 0.3) is 10.9 Å². The summed E-state index contributed by atoms with van der Waals surface area (Å²) in [6, 6.07) is 1.67. The molecule has 1 aliphatic rings. The molecule has 1 saturated heterocycles. The average molecular weight is 331 g/mol. The van der Waals surface area contributed by atoms with Crippen molar-refractivity contribution < 1.29 is 8.78 Å². The van der Waals surface area contributed by atoms with Gasteiger partial charge in [-0.25, -0.2) is 23.7 Å². The van der Waals surface area contributed by atoms with Gasteiger partial charge in [-0.1, -0.05) is 23.4 Å². The van der Waals surface area contributed by atoms with E-state index in [1.54, 1.807) is 12.3 Å². The molecular formula is C13H13ClF2N4S. The lowest BCUT2D eigenvalue weighted by Gasteiger charge is -2.33. The molecule has 0 aromatic carbocycles. The molecule has 112 valence electrons.